The Morgan fingerprint density at radius 2 is 1.92 bits per heavy atom. The van der Waals surface area contributed by atoms with Gasteiger partial charge in [0, 0.05) is 6.21 Å². The van der Waals surface area contributed by atoms with E-state index < -0.39 is 0 Å². The van der Waals surface area contributed by atoms with Crippen molar-refractivity contribution >= 4 is 6.21 Å². The zero-order valence-electron chi connectivity index (χ0n) is 8.83. The molecule has 0 spiro atoms. The van der Waals surface area contributed by atoms with Crippen LogP contribution >= 0.6 is 0 Å². The molecule has 0 amide bonds. The van der Waals surface area contributed by atoms with Crippen molar-refractivity contribution < 1.29 is 0 Å². The molecule has 0 aromatic heterocycles. The smallest absolute Gasteiger partial charge is 0.0727 e. The maximum atomic E-state index is 4.32. The van der Waals surface area contributed by atoms with Crippen LogP contribution in [0, 0.1) is 6.92 Å². The van der Waals surface area contributed by atoms with Crippen LogP contribution in [0.4, 0.5) is 0 Å². The molecule has 0 saturated carbocycles. The first-order valence-electron chi connectivity index (χ1n) is 4.91. The summed E-state index contributed by atoms with van der Waals surface area (Å²) in [5.41, 5.74) is 3.97. The van der Waals surface area contributed by atoms with E-state index in [9.17, 15) is 0 Å². The van der Waals surface area contributed by atoms with Gasteiger partial charge in [-0.1, -0.05) is 37.6 Å². The lowest BCUT2D eigenvalue weighted by Crippen LogP contribution is -1.88. The minimum absolute atomic E-state index is 0.366. The van der Waals surface area contributed by atoms with E-state index in [1.165, 1.54) is 16.7 Å². The molecule has 0 saturated heterocycles. The van der Waals surface area contributed by atoms with Gasteiger partial charge < -0.3 is 0 Å². The summed E-state index contributed by atoms with van der Waals surface area (Å²) in [5.74, 6) is 0. The average Bonchev–Trinajstić information content (AvgIpc) is 2.52. The molecule has 1 aliphatic heterocycles. The van der Waals surface area contributed by atoms with Crippen molar-refractivity contribution in [2.24, 2.45) is 4.99 Å². The minimum atomic E-state index is 0.366. The van der Waals surface area contributed by atoms with Crippen LogP contribution in [0.3, 0.4) is 0 Å². The van der Waals surface area contributed by atoms with E-state index in [0.717, 1.165) is 0 Å². The van der Waals surface area contributed by atoms with Gasteiger partial charge in [0.25, 0.3) is 0 Å². The first-order valence-corrected chi connectivity index (χ1v) is 4.91. The molecular formula is C12H17N. The van der Waals surface area contributed by atoms with E-state index in [-0.39, 0.29) is 0 Å². The summed E-state index contributed by atoms with van der Waals surface area (Å²) in [6, 6.07) is 6.85. The van der Waals surface area contributed by atoms with E-state index in [1.54, 1.807) is 0 Å². The molecule has 1 heteroatoms. The first-order chi connectivity index (χ1) is 6.27. The van der Waals surface area contributed by atoms with Crippen LogP contribution in [0.5, 0.6) is 0 Å². The summed E-state index contributed by atoms with van der Waals surface area (Å²) < 4.78 is 0. The maximum Gasteiger partial charge on any atom is 0.0727 e. The Labute approximate surface area is 80.5 Å². The fraction of sp³-hybridized carbons (Fsp3) is 0.417. The molecule has 13 heavy (non-hydrogen) atoms. The quantitative estimate of drug-likeness (QED) is 0.572. The van der Waals surface area contributed by atoms with Gasteiger partial charge in [0.1, 0.15) is 0 Å². The van der Waals surface area contributed by atoms with Gasteiger partial charge in [-0.2, -0.15) is 0 Å². The zero-order valence-corrected chi connectivity index (χ0v) is 8.83. The molecule has 1 aromatic carbocycles. The second-order valence-electron chi connectivity index (χ2n) is 3.09. The third-order valence-electron chi connectivity index (χ3n) is 2.13. The molecule has 0 bridgehead atoms. The van der Waals surface area contributed by atoms with Gasteiger partial charge in [-0.25, -0.2) is 0 Å². The lowest BCUT2D eigenvalue weighted by molar-refractivity contribution is 0.843. The van der Waals surface area contributed by atoms with Crippen LogP contribution < -0.4 is 0 Å². The summed E-state index contributed by atoms with van der Waals surface area (Å²) >= 11 is 0. The lowest BCUT2D eigenvalue weighted by Gasteiger charge is -2.03. The van der Waals surface area contributed by atoms with Crippen molar-refractivity contribution in [1.29, 1.82) is 0 Å². The fourth-order valence-corrected chi connectivity index (χ4v) is 1.45. The Morgan fingerprint density at radius 1 is 1.23 bits per heavy atom. The molecule has 2 rings (SSSR count). The Morgan fingerprint density at radius 3 is 2.62 bits per heavy atom. The van der Waals surface area contributed by atoms with Gasteiger partial charge in [0.05, 0.1) is 6.04 Å². The summed E-state index contributed by atoms with van der Waals surface area (Å²) in [6.45, 7) is 8.24. The highest BCUT2D eigenvalue weighted by Crippen LogP contribution is 2.26. The second-order valence-corrected chi connectivity index (χ2v) is 3.09. The van der Waals surface area contributed by atoms with Crippen molar-refractivity contribution in [2.75, 3.05) is 0 Å². The van der Waals surface area contributed by atoms with Crippen molar-refractivity contribution in [3.63, 3.8) is 0 Å². The zero-order chi connectivity index (χ0) is 9.84. The first kappa shape index (κ1) is 9.97. The number of hydrogen-bond acceptors (Lipinski definition) is 1. The highest BCUT2D eigenvalue weighted by Gasteiger charge is 2.12. The SMILES string of the molecule is CC.Cc1ccc2c(c1)C(C)N=C2. The van der Waals surface area contributed by atoms with E-state index in [0.29, 0.717) is 6.04 Å². The van der Waals surface area contributed by atoms with Gasteiger partial charge in [-0.3, -0.25) is 4.99 Å². The number of nitrogens with zero attached hydrogens (tertiary/aromatic N) is 1. The monoisotopic (exact) mass is 175 g/mol. The van der Waals surface area contributed by atoms with Crippen LogP contribution in [0.25, 0.3) is 0 Å². The normalized spacial score (nSPS) is 17.7. The molecule has 1 heterocycles. The van der Waals surface area contributed by atoms with Crippen molar-refractivity contribution in [1.82, 2.24) is 0 Å². The number of rotatable bonds is 0. The molecule has 0 N–H and O–H groups in total. The summed E-state index contributed by atoms with van der Waals surface area (Å²) in [7, 11) is 0. The van der Waals surface area contributed by atoms with E-state index in [1.807, 2.05) is 20.1 Å². The molecule has 0 radical (unpaired) electrons. The standard InChI is InChI=1S/C10H11N.C2H6/c1-7-3-4-9-6-11-8(2)10(9)5-7;1-2/h3-6,8H,1-2H3;1-2H3. The Bertz CT molecular complexity index is 313. The van der Waals surface area contributed by atoms with Crippen molar-refractivity contribution in [3.8, 4) is 0 Å². The third kappa shape index (κ3) is 1.97. The predicted molar refractivity (Wildman–Crippen MR) is 58.5 cm³/mol. The number of hydrogen-bond donors (Lipinski definition) is 0. The number of fused-ring (bicyclic) bond motifs is 1. The second kappa shape index (κ2) is 4.22. The largest absolute Gasteiger partial charge is 0.285 e. The van der Waals surface area contributed by atoms with E-state index >= 15 is 0 Å². The highest BCUT2D eigenvalue weighted by molar-refractivity contribution is 5.85. The Balaban J connectivity index is 0.000000396. The van der Waals surface area contributed by atoms with Crippen molar-refractivity contribution in [2.45, 2.75) is 33.7 Å². The molecule has 1 aromatic rings. The lowest BCUT2D eigenvalue weighted by atomic mass is 10.0. The van der Waals surface area contributed by atoms with Crippen LogP contribution in [-0.4, -0.2) is 6.21 Å². The Hall–Kier alpha value is -1.11. The van der Waals surface area contributed by atoms with Crippen LogP contribution in [0.2, 0.25) is 0 Å². The van der Waals surface area contributed by atoms with Gasteiger partial charge in [-0.15, -0.1) is 0 Å². The fourth-order valence-electron chi connectivity index (χ4n) is 1.45. The molecule has 0 fully saturated rings. The number of aliphatic imine (C=N–C) groups is 1. The average molecular weight is 175 g/mol. The van der Waals surface area contributed by atoms with Gasteiger partial charge in [0.15, 0.2) is 0 Å². The molecule has 70 valence electrons. The third-order valence-corrected chi connectivity index (χ3v) is 2.13. The van der Waals surface area contributed by atoms with Gasteiger partial charge >= 0.3 is 0 Å². The maximum absolute atomic E-state index is 4.32. The molecule has 1 unspecified atom stereocenters. The molecule has 1 aliphatic rings. The highest BCUT2D eigenvalue weighted by atomic mass is 14.8. The van der Waals surface area contributed by atoms with Crippen LogP contribution in [0.1, 0.15) is 43.5 Å². The van der Waals surface area contributed by atoms with Crippen LogP contribution in [0.15, 0.2) is 23.2 Å². The molecule has 0 aliphatic carbocycles. The van der Waals surface area contributed by atoms with E-state index in [4.69, 9.17) is 0 Å². The van der Waals surface area contributed by atoms with Crippen molar-refractivity contribution in [3.05, 3.63) is 34.9 Å². The molecule has 1 atom stereocenters. The van der Waals surface area contributed by atoms with Crippen LogP contribution in [-0.2, 0) is 0 Å². The molecular weight excluding hydrogens is 158 g/mol. The predicted octanol–water partition coefficient (Wildman–Crippen LogP) is 3.51. The Kier molecular flexibility index (Phi) is 3.24. The summed E-state index contributed by atoms with van der Waals surface area (Å²) in [6.07, 6.45) is 1.96. The summed E-state index contributed by atoms with van der Waals surface area (Å²) in [5, 5.41) is 0. The number of aryl methyl sites for hydroxylation is 1. The topological polar surface area (TPSA) is 12.4 Å². The molecule has 1 nitrogen and oxygen atoms in total. The minimum Gasteiger partial charge on any atom is -0.285 e. The number of benzene rings is 1. The van der Waals surface area contributed by atoms with E-state index in [2.05, 4.69) is 37.0 Å². The summed E-state index contributed by atoms with van der Waals surface area (Å²) in [4.78, 5) is 4.32. The van der Waals surface area contributed by atoms with Gasteiger partial charge in [-0.05, 0) is 25.0 Å². The van der Waals surface area contributed by atoms with Gasteiger partial charge in [0.2, 0.25) is 0 Å².